The third-order valence-corrected chi connectivity index (χ3v) is 5.80. The van der Waals surface area contributed by atoms with Crippen LogP contribution in [0.25, 0.3) is 0 Å². The van der Waals surface area contributed by atoms with Crippen molar-refractivity contribution in [3.8, 4) is 0 Å². The predicted octanol–water partition coefficient (Wildman–Crippen LogP) is 1.18. The molecule has 4 nitrogen and oxygen atoms in total. The number of piperidine rings is 3. The van der Waals surface area contributed by atoms with Crippen LogP contribution in [0.1, 0.15) is 44.9 Å². The molecule has 0 saturated carbocycles. The zero-order chi connectivity index (χ0) is 14.3. The minimum atomic E-state index is 0.782. The van der Waals surface area contributed by atoms with Gasteiger partial charge in [-0.15, -0.1) is 0 Å². The molecular weight excluding hydrogens is 260 g/mol. The largest absolute Gasteiger partial charge is 0.317 e. The molecule has 0 radical (unpaired) electrons. The fraction of sp³-hybridized carbons (Fsp3) is 1.00. The van der Waals surface area contributed by atoms with Crippen molar-refractivity contribution in [3.63, 3.8) is 0 Å². The molecular formula is C17H34N4. The van der Waals surface area contributed by atoms with Crippen LogP contribution in [0, 0.1) is 5.92 Å². The normalized spacial score (nSPS) is 28.0. The third-order valence-electron chi connectivity index (χ3n) is 5.80. The summed E-state index contributed by atoms with van der Waals surface area (Å²) in [6, 6.07) is 1.65. The quantitative estimate of drug-likeness (QED) is 0.712. The second-order valence-corrected chi connectivity index (χ2v) is 7.23. The molecule has 3 saturated heterocycles. The molecule has 0 atom stereocenters. The molecule has 0 aromatic rings. The molecule has 3 rings (SSSR count). The summed E-state index contributed by atoms with van der Waals surface area (Å²) in [5.41, 5.74) is 0. The molecule has 122 valence electrons. The summed E-state index contributed by atoms with van der Waals surface area (Å²) < 4.78 is 0. The second kappa shape index (κ2) is 8.47. The Hall–Kier alpha value is -0.160. The van der Waals surface area contributed by atoms with Crippen molar-refractivity contribution in [1.29, 1.82) is 0 Å². The SMILES string of the molecule is C1CC(CCNC2CCN(C3CCNCC3)CC2)CCN1. The van der Waals surface area contributed by atoms with Gasteiger partial charge in [0.15, 0.2) is 0 Å². The van der Waals surface area contributed by atoms with E-state index in [0.717, 1.165) is 18.0 Å². The summed E-state index contributed by atoms with van der Waals surface area (Å²) in [6.07, 6.45) is 9.58. The Balaban J connectivity index is 1.28. The summed E-state index contributed by atoms with van der Waals surface area (Å²) in [7, 11) is 0. The summed E-state index contributed by atoms with van der Waals surface area (Å²) >= 11 is 0. The van der Waals surface area contributed by atoms with E-state index < -0.39 is 0 Å². The van der Waals surface area contributed by atoms with E-state index in [-0.39, 0.29) is 0 Å². The van der Waals surface area contributed by atoms with Crippen molar-refractivity contribution >= 4 is 0 Å². The van der Waals surface area contributed by atoms with Gasteiger partial charge in [0, 0.05) is 12.1 Å². The molecule has 0 amide bonds. The Morgan fingerprint density at radius 2 is 1.43 bits per heavy atom. The first-order chi connectivity index (χ1) is 10.4. The van der Waals surface area contributed by atoms with Gasteiger partial charge in [-0.25, -0.2) is 0 Å². The smallest absolute Gasteiger partial charge is 0.0119 e. The van der Waals surface area contributed by atoms with Crippen molar-refractivity contribution in [2.24, 2.45) is 5.92 Å². The zero-order valence-electron chi connectivity index (χ0n) is 13.6. The van der Waals surface area contributed by atoms with E-state index in [2.05, 4.69) is 20.9 Å². The Morgan fingerprint density at radius 1 is 0.810 bits per heavy atom. The van der Waals surface area contributed by atoms with Crippen LogP contribution in [0.2, 0.25) is 0 Å². The molecule has 3 N–H and O–H groups in total. The number of nitrogens with one attached hydrogen (secondary N) is 3. The number of nitrogens with zero attached hydrogens (tertiary/aromatic N) is 1. The van der Waals surface area contributed by atoms with Gasteiger partial charge in [-0.1, -0.05) is 0 Å². The van der Waals surface area contributed by atoms with Crippen LogP contribution in [0.4, 0.5) is 0 Å². The Kier molecular flexibility index (Phi) is 6.34. The lowest BCUT2D eigenvalue weighted by Crippen LogP contribution is -2.49. The summed E-state index contributed by atoms with van der Waals surface area (Å²) in [6.45, 7) is 8.78. The van der Waals surface area contributed by atoms with Gasteiger partial charge in [0.25, 0.3) is 0 Å². The molecule has 0 aromatic heterocycles. The van der Waals surface area contributed by atoms with Crippen LogP contribution in [0.15, 0.2) is 0 Å². The van der Waals surface area contributed by atoms with Gasteiger partial charge in [0.2, 0.25) is 0 Å². The van der Waals surface area contributed by atoms with Crippen molar-refractivity contribution < 1.29 is 0 Å². The molecule has 3 aliphatic heterocycles. The van der Waals surface area contributed by atoms with Crippen molar-refractivity contribution in [3.05, 3.63) is 0 Å². The lowest BCUT2D eigenvalue weighted by Gasteiger charge is -2.39. The first-order valence-electron chi connectivity index (χ1n) is 9.30. The zero-order valence-corrected chi connectivity index (χ0v) is 13.6. The lowest BCUT2D eigenvalue weighted by molar-refractivity contribution is 0.119. The van der Waals surface area contributed by atoms with Gasteiger partial charge in [-0.3, -0.25) is 0 Å². The third kappa shape index (κ3) is 4.92. The molecule has 21 heavy (non-hydrogen) atoms. The summed E-state index contributed by atoms with van der Waals surface area (Å²) in [5, 5.41) is 10.8. The number of hydrogen-bond donors (Lipinski definition) is 3. The molecule has 0 aliphatic carbocycles. The molecule has 0 spiro atoms. The molecule has 3 heterocycles. The fourth-order valence-electron chi connectivity index (χ4n) is 4.30. The van der Waals surface area contributed by atoms with E-state index in [9.17, 15) is 0 Å². The van der Waals surface area contributed by atoms with Crippen LogP contribution in [0.5, 0.6) is 0 Å². The first kappa shape index (κ1) is 15.7. The summed E-state index contributed by atoms with van der Waals surface area (Å²) in [5.74, 6) is 0.966. The van der Waals surface area contributed by atoms with E-state index in [0.29, 0.717) is 0 Å². The summed E-state index contributed by atoms with van der Waals surface area (Å²) in [4.78, 5) is 2.76. The number of hydrogen-bond acceptors (Lipinski definition) is 4. The van der Waals surface area contributed by atoms with E-state index in [1.807, 2.05) is 0 Å². The van der Waals surface area contributed by atoms with Crippen LogP contribution in [0.3, 0.4) is 0 Å². The van der Waals surface area contributed by atoms with Crippen molar-refractivity contribution in [1.82, 2.24) is 20.9 Å². The second-order valence-electron chi connectivity index (χ2n) is 7.23. The molecule has 3 aliphatic rings. The lowest BCUT2D eigenvalue weighted by atomic mass is 9.94. The van der Waals surface area contributed by atoms with Gasteiger partial charge in [0.1, 0.15) is 0 Å². The minimum absolute atomic E-state index is 0.782. The van der Waals surface area contributed by atoms with Crippen LogP contribution in [-0.4, -0.2) is 62.8 Å². The highest BCUT2D eigenvalue weighted by Gasteiger charge is 2.25. The average molecular weight is 294 g/mol. The molecule has 0 aromatic carbocycles. The van der Waals surface area contributed by atoms with Gasteiger partial charge in [-0.2, -0.15) is 0 Å². The van der Waals surface area contributed by atoms with Gasteiger partial charge in [0.05, 0.1) is 0 Å². The molecule has 3 fully saturated rings. The van der Waals surface area contributed by atoms with E-state index in [1.54, 1.807) is 0 Å². The van der Waals surface area contributed by atoms with Crippen LogP contribution in [-0.2, 0) is 0 Å². The number of likely N-dealkylation sites (tertiary alicyclic amines) is 1. The average Bonchev–Trinajstić information content (AvgIpc) is 2.57. The monoisotopic (exact) mass is 294 g/mol. The van der Waals surface area contributed by atoms with E-state index >= 15 is 0 Å². The van der Waals surface area contributed by atoms with Crippen LogP contribution < -0.4 is 16.0 Å². The standard InChI is InChI=1S/C17H34N4/c1-8-18-9-2-15(1)3-12-20-16-6-13-21(14-7-16)17-4-10-19-11-5-17/h15-20H,1-14H2. The maximum atomic E-state index is 3.83. The molecule has 0 bridgehead atoms. The predicted molar refractivity (Wildman–Crippen MR) is 88.7 cm³/mol. The van der Waals surface area contributed by atoms with E-state index in [1.165, 1.54) is 90.8 Å². The van der Waals surface area contributed by atoms with E-state index in [4.69, 9.17) is 0 Å². The number of rotatable bonds is 5. The first-order valence-corrected chi connectivity index (χ1v) is 9.30. The van der Waals surface area contributed by atoms with Crippen molar-refractivity contribution in [2.75, 3.05) is 45.8 Å². The van der Waals surface area contributed by atoms with Crippen LogP contribution >= 0.6 is 0 Å². The highest BCUT2D eigenvalue weighted by molar-refractivity contribution is 4.84. The Morgan fingerprint density at radius 3 is 2.10 bits per heavy atom. The van der Waals surface area contributed by atoms with Gasteiger partial charge in [-0.05, 0) is 96.7 Å². The van der Waals surface area contributed by atoms with Crippen molar-refractivity contribution in [2.45, 2.75) is 57.0 Å². The Bertz CT molecular complexity index is 274. The fourth-order valence-corrected chi connectivity index (χ4v) is 4.30. The van der Waals surface area contributed by atoms with Gasteiger partial charge < -0.3 is 20.9 Å². The highest BCUT2D eigenvalue weighted by atomic mass is 15.2. The maximum Gasteiger partial charge on any atom is 0.0119 e. The maximum absolute atomic E-state index is 3.83. The van der Waals surface area contributed by atoms with Gasteiger partial charge >= 0.3 is 0 Å². The topological polar surface area (TPSA) is 39.3 Å². The Labute approximate surface area is 130 Å². The molecule has 0 unspecified atom stereocenters. The molecule has 4 heteroatoms. The minimum Gasteiger partial charge on any atom is -0.317 e. The highest BCUT2D eigenvalue weighted by Crippen LogP contribution is 2.19.